The molecular formula is C24H23N6O5P. The molecule has 0 saturated heterocycles. The first-order chi connectivity index (χ1) is 17.3. The molecule has 0 aliphatic carbocycles. The SMILES string of the molecule is [N-]=[N+]=Nc1cccc(CCc2ccc(Cc3cc(-c4ccc[n+](COP(=O)([O-])O)c4N)on3)cc2)c1. The number of azide groups is 1. The van der Waals surface area contributed by atoms with Crippen molar-refractivity contribution in [2.45, 2.75) is 26.0 Å². The third-order valence-electron chi connectivity index (χ3n) is 5.48. The quantitative estimate of drug-likeness (QED) is 0.108. The predicted molar refractivity (Wildman–Crippen MR) is 129 cm³/mol. The third kappa shape index (κ3) is 6.79. The van der Waals surface area contributed by atoms with Crippen LogP contribution in [0, 0.1) is 0 Å². The summed E-state index contributed by atoms with van der Waals surface area (Å²) in [5.41, 5.74) is 19.9. The zero-order valence-electron chi connectivity index (χ0n) is 19.1. The normalized spacial score (nSPS) is 12.6. The highest BCUT2D eigenvalue weighted by Crippen LogP contribution is 2.30. The van der Waals surface area contributed by atoms with Crippen LogP contribution in [0.2, 0.25) is 0 Å². The van der Waals surface area contributed by atoms with Gasteiger partial charge < -0.3 is 14.3 Å². The molecule has 184 valence electrons. The number of aromatic nitrogens is 2. The van der Waals surface area contributed by atoms with Crippen LogP contribution in [-0.2, 0) is 35.1 Å². The van der Waals surface area contributed by atoms with E-state index in [1.54, 1.807) is 24.3 Å². The van der Waals surface area contributed by atoms with Gasteiger partial charge in [0.05, 0.1) is 11.9 Å². The molecular weight excluding hydrogens is 483 g/mol. The minimum absolute atomic E-state index is 0.197. The summed E-state index contributed by atoms with van der Waals surface area (Å²) in [5.74, 6) is 0.619. The lowest BCUT2D eigenvalue weighted by atomic mass is 10.0. The molecule has 0 radical (unpaired) electrons. The summed E-state index contributed by atoms with van der Waals surface area (Å²) < 4.78 is 22.1. The number of nitrogens with zero attached hydrogens (tertiary/aromatic N) is 5. The zero-order chi connectivity index (χ0) is 25.5. The maximum absolute atomic E-state index is 10.9. The van der Waals surface area contributed by atoms with Crippen molar-refractivity contribution in [3.63, 3.8) is 0 Å². The number of benzene rings is 2. The Bertz CT molecular complexity index is 1440. The lowest BCUT2D eigenvalue weighted by Gasteiger charge is -2.14. The lowest BCUT2D eigenvalue weighted by Crippen LogP contribution is -2.38. The standard InChI is InChI=1S/C24H23N6O5P/c25-24-22(5-2-12-30(24)16-34-36(31,32)33)23-15-21(28-35-23)14-19-10-7-17(8-11-19)6-9-18-3-1-4-20(13-18)27-29-26/h1-5,7-8,10-13,15,25H,6,9,14,16H2,(H2,31,32,33). The van der Waals surface area contributed by atoms with Crippen LogP contribution in [0.1, 0.15) is 22.4 Å². The van der Waals surface area contributed by atoms with Crippen molar-refractivity contribution < 1.29 is 28.0 Å². The highest BCUT2D eigenvalue weighted by molar-refractivity contribution is 7.44. The Balaban J connectivity index is 1.38. The van der Waals surface area contributed by atoms with Gasteiger partial charge in [0.1, 0.15) is 5.56 Å². The fraction of sp³-hybridized carbons (Fsp3) is 0.167. The summed E-state index contributed by atoms with van der Waals surface area (Å²) in [6.45, 7) is -0.469. The Labute approximate surface area is 206 Å². The zero-order valence-corrected chi connectivity index (χ0v) is 20.0. The maximum Gasteiger partial charge on any atom is 0.285 e. The van der Waals surface area contributed by atoms with E-state index in [9.17, 15) is 9.46 Å². The van der Waals surface area contributed by atoms with Crippen LogP contribution in [0.25, 0.3) is 21.8 Å². The minimum atomic E-state index is -4.88. The van der Waals surface area contributed by atoms with Crippen LogP contribution >= 0.6 is 7.82 Å². The smallest absolute Gasteiger partial charge is 0.285 e. The summed E-state index contributed by atoms with van der Waals surface area (Å²) in [6, 6.07) is 20.9. The second kappa shape index (κ2) is 11.2. The summed E-state index contributed by atoms with van der Waals surface area (Å²) in [6.07, 6.45) is 3.75. The van der Waals surface area contributed by atoms with Gasteiger partial charge in [0.15, 0.2) is 12.5 Å². The molecule has 3 N–H and O–H groups in total. The van der Waals surface area contributed by atoms with Crippen molar-refractivity contribution in [1.29, 1.82) is 0 Å². The largest absolute Gasteiger partial charge is 0.756 e. The molecule has 2 aromatic heterocycles. The fourth-order valence-corrected chi connectivity index (χ4v) is 3.96. The van der Waals surface area contributed by atoms with Gasteiger partial charge in [-0.2, -0.15) is 0 Å². The van der Waals surface area contributed by atoms with Crippen LogP contribution < -0.4 is 15.2 Å². The van der Waals surface area contributed by atoms with Crippen molar-refractivity contribution in [2.24, 2.45) is 5.11 Å². The second-order valence-electron chi connectivity index (χ2n) is 8.04. The molecule has 4 aromatic rings. The van der Waals surface area contributed by atoms with Crippen molar-refractivity contribution in [3.05, 3.63) is 106 Å². The number of anilines is 1. The molecule has 2 heterocycles. The van der Waals surface area contributed by atoms with Crippen LogP contribution in [0.3, 0.4) is 0 Å². The van der Waals surface area contributed by atoms with E-state index >= 15 is 0 Å². The number of nitrogens with two attached hydrogens (primary N) is 1. The van der Waals surface area contributed by atoms with Crippen LogP contribution in [0.4, 0.5) is 11.5 Å². The Morgan fingerprint density at radius 1 is 1.11 bits per heavy atom. The third-order valence-corrected chi connectivity index (χ3v) is 5.92. The Kier molecular flexibility index (Phi) is 7.80. The van der Waals surface area contributed by atoms with E-state index in [1.165, 1.54) is 16.3 Å². The molecule has 4 rings (SSSR count). The first kappa shape index (κ1) is 25.1. The van der Waals surface area contributed by atoms with E-state index in [0.717, 1.165) is 24.0 Å². The summed E-state index contributed by atoms with van der Waals surface area (Å²) in [7, 11) is -4.88. The van der Waals surface area contributed by atoms with Gasteiger partial charge in [-0.05, 0) is 53.3 Å². The van der Waals surface area contributed by atoms with Gasteiger partial charge in [0.25, 0.3) is 13.6 Å². The average Bonchev–Trinajstić information content (AvgIpc) is 3.31. The van der Waals surface area contributed by atoms with Crippen LogP contribution in [0.5, 0.6) is 0 Å². The molecule has 36 heavy (non-hydrogen) atoms. The molecule has 12 heteroatoms. The van der Waals surface area contributed by atoms with Gasteiger partial charge in [-0.25, -0.2) is 4.57 Å². The van der Waals surface area contributed by atoms with E-state index in [1.807, 2.05) is 30.3 Å². The highest BCUT2D eigenvalue weighted by atomic mass is 31.2. The molecule has 1 atom stereocenters. The molecule has 0 aliphatic heterocycles. The van der Waals surface area contributed by atoms with Crippen molar-refractivity contribution in [2.75, 3.05) is 5.73 Å². The minimum Gasteiger partial charge on any atom is -0.756 e. The molecule has 0 saturated carbocycles. The maximum atomic E-state index is 10.9. The number of phosphoric ester groups is 1. The Hall–Kier alpha value is -3.98. The molecule has 0 fully saturated rings. The van der Waals surface area contributed by atoms with Crippen molar-refractivity contribution in [3.8, 4) is 11.3 Å². The molecule has 0 aliphatic rings. The second-order valence-corrected chi connectivity index (χ2v) is 9.23. The van der Waals surface area contributed by atoms with E-state index < -0.39 is 14.6 Å². The van der Waals surface area contributed by atoms with E-state index in [4.69, 9.17) is 20.7 Å². The Morgan fingerprint density at radius 2 is 1.86 bits per heavy atom. The number of hydrogen-bond acceptors (Lipinski definition) is 7. The number of hydrogen-bond donors (Lipinski definition) is 2. The molecule has 0 bridgehead atoms. The van der Waals surface area contributed by atoms with E-state index in [-0.39, 0.29) is 5.82 Å². The highest BCUT2D eigenvalue weighted by Gasteiger charge is 2.18. The summed E-state index contributed by atoms with van der Waals surface area (Å²) >= 11 is 0. The first-order valence-electron chi connectivity index (χ1n) is 10.9. The van der Waals surface area contributed by atoms with E-state index in [2.05, 4.69) is 31.8 Å². The number of nitrogen functional groups attached to an aromatic ring is 1. The number of aryl methyl sites for hydroxylation is 2. The first-order valence-corrected chi connectivity index (χ1v) is 12.4. The van der Waals surface area contributed by atoms with Gasteiger partial charge in [0, 0.05) is 23.1 Å². The molecule has 0 spiro atoms. The fourth-order valence-electron chi connectivity index (χ4n) is 3.69. The van der Waals surface area contributed by atoms with Crippen LogP contribution in [0.15, 0.2) is 82.6 Å². The van der Waals surface area contributed by atoms with Crippen LogP contribution in [-0.4, -0.2) is 10.1 Å². The Morgan fingerprint density at radius 3 is 2.61 bits per heavy atom. The lowest BCUT2D eigenvalue weighted by molar-refractivity contribution is -0.712. The number of pyridine rings is 1. The van der Waals surface area contributed by atoms with E-state index in [0.29, 0.717) is 29.1 Å². The van der Waals surface area contributed by atoms with Gasteiger partial charge in [-0.3, -0.25) is 14.8 Å². The van der Waals surface area contributed by atoms with Crippen molar-refractivity contribution >= 4 is 19.3 Å². The predicted octanol–water partition coefficient (Wildman–Crippen LogP) is 3.96. The molecule has 0 amide bonds. The molecule has 2 aromatic carbocycles. The van der Waals surface area contributed by atoms with Gasteiger partial charge >= 0.3 is 0 Å². The number of rotatable bonds is 10. The van der Waals surface area contributed by atoms with Gasteiger partial charge in [-0.1, -0.05) is 52.7 Å². The van der Waals surface area contributed by atoms with Gasteiger partial charge in [0.2, 0.25) is 0 Å². The monoisotopic (exact) mass is 506 g/mol. The molecule has 11 nitrogen and oxygen atoms in total. The summed E-state index contributed by atoms with van der Waals surface area (Å²) in [4.78, 5) is 22.5. The van der Waals surface area contributed by atoms with Gasteiger partial charge in [-0.15, -0.1) is 0 Å². The number of phosphoric acid groups is 1. The average molecular weight is 506 g/mol. The summed E-state index contributed by atoms with van der Waals surface area (Å²) in [5, 5.41) is 7.77. The topological polar surface area (TPSA) is 174 Å². The molecule has 1 unspecified atom stereocenters. The van der Waals surface area contributed by atoms with Crippen molar-refractivity contribution in [1.82, 2.24) is 5.16 Å².